The van der Waals surface area contributed by atoms with Crippen molar-refractivity contribution in [1.29, 1.82) is 0 Å². The van der Waals surface area contributed by atoms with Gasteiger partial charge in [0, 0.05) is 26.2 Å². The number of hydrogen-bond acceptors (Lipinski definition) is 8. The summed E-state index contributed by atoms with van der Waals surface area (Å²) in [6, 6.07) is 13.6. The van der Waals surface area contributed by atoms with Crippen molar-refractivity contribution in [3.8, 4) is 11.5 Å². The summed E-state index contributed by atoms with van der Waals surface area (Å²) in [5.41, 5.74) is 1.04. The minimum Gasteiger partial charge on any atom is -0.495 e. The zero-order valence-corrected chi connectivity index (χ0v) is 19.3. The molecular weight excluding hydrogens is 447 g/mol. The van der Waals surface area contributed by atoms with E-state index in [-0.39, 0.29) is 17.5 Å². The molecule has 1 aromatic heterocycles. The molecule has 1 aliphatic heterocycles. The Morgan fingerprint density at radius 1 is 1.12 bits per heavy atom. The van der Waals surface area contributed by atoms with Crippen molar-refractivity contribution >= 4 is 23.4 Å². The van der Waals surface area contributed by atoms with E-state index in [2.05, 4.69) is 15.1 Å². The quantitative estimate of drug-likeness (QED) is 0.458. The first kappa shape index (κ1) is 22.9. The Morgan fingerprint density at radius 2 is 1.85 bits per heavy atom. The first-order valence-corrected chi connectivity index (χ1v) is 11.6. The van der Waals surface area contributed by atoms with E-state index in [0.29, 0.717) is 30.0 Å². The van der Waals surface area contributed by atoms with Gasteiger partial charge in [0.05, 0.1) is 18.6 Å². The highest BCUT2D eigenvalue weighted by Gasteiger charge is 2.24. The van der Waals surface area contributed by atoms with Crippen molar-refractivity contribution in [2.45, 2.75) is 18.3 Å². The van der Waals surface area contributed by atoms with Gasteiger partial charge in [-0.2, -0.15) is 0 Å². The van der Waals surface area contributed by atoms with Gasteiger partial charge in [0.25, 0.3) is 11.1 Å². The zero-order valence-electron chi connectivity index (χ0n) is 18.4. The van der Waals surface area contributed by atoms with Gasteiger partial charge in [0.1, 0.15) is 17.3 Å². The number of ether oxygens (including phenoxy) is 2. The third kappa shape index (κ3) is 5.75. The number of carbonyl (C=O) groups excluding carboxylic acids is 1. The van der Waals surface area contributed by atoms with E-state index in [1.54, 1.807) is 14.0 Å². The molecule has 3 aromatic rings. The highest BCUT2D eigenvalue weighted by atomic mass is 32.2. The highest BCUT2D eigenvalue weighted by molar-refractivity contribution is 7.99. The number of nitrogens with zero attached hydrogens (tertiary/aromatic N) is 4. The Hall–Kier alpha value is -3.27. The molecule has 0 aliphatic carbocycles. The van der Waals surface area contributed by atoms with Crippen LogP contribution in [0.15, 0.2) is 58.2 Å². The summed E-state index contributed by atoms with van der Waals surface area (Å²) in [4.78, 5) is 16.7. The van der Waals surface area contributed by atoms with Gasteiger partial charge in [-0.05, 0) is 43.3 Å². The molecule has 0 unspecified atom stereocenters. The van der Waals surface area contributed by atoms with Crippen molar-refractivity contribution in [1.82, 2.24) is 15.1 Å². The van der Waals surface area contributed by atoms with Crippen LogP contribution in [0.2, 0.25) is 0 Å². The third-order valence-corrected chi connectivity index (χ3v) is 6.08. The number of benzene rings is 2. The molecule has 0 N–H and O–H groups in total. The van der Waals surface area contributed by atoms with Crippen LogP contribution in [0.4, 0.5) is 10.1 Å². The van der Waals surface area contributed by atoms with Crippen LogP contribution in [0.1, 0.15) is 18.9 Å². The van der Waals surface area contributed by atoms with Crippen LogP contribution in [0.5, 0.6) is 11.5 Å². The van der Waals surface area contributed by atoms with E-state index in [9.17, 15) is 9.18 Å². The number of piperazine rings is 1. The van der Waals surface area contributed by atoms with Crippen LogP contribution in [0, 0.1) is 5.82 Å². The van der Waals surface area contributed by atoms with Gasteiger partial charge in [-0.3, -0.25) is 4.79 Å². The number of para-hydroxylation sites is 2. The van der Waals surface area contributed by atoms with E-state index in [4.69, 9.17) is 13.9 Å². The van der Waals surface area contributed by atoms with Gasteiger partial charge >= 0.3 is 0 Å². The van der Waals surface area contributed by atoms with E-state index in [1.807, 2.05) is 29.2 Å². The Kier molecular flexibility index (Phi) is 7.33. The first-order valence-electron chi connectivity index (χ1n) is 10.6. The number of methoxy groups -OCH3 is 1. The lowest BCUT2D eigenvalue weighted by atomic mass is 10.2. The average Bonchev–Trinajstić information content (AvgIpc) is 3.33. The molecule has 174 valence electrons. The van der Waals surface area contributed by atoms with E-state index >= 15 is 0 Å². The van der Waals surface area contributed by atoms with Gasteiger partial charge in [0.2, 0.25) is 5.91 Å². The fourth-order valence-electron chi connectivity index (χ4n) is 3.51. The lowest BCUT2D eigenvalue weighted by Crippen LogP contribution is -2.49. The molecule has 10 heteroatoms. The molecule has 33 heavy (non-hydrogen) atoms. The molecule has 1 aliphatic rings. The zero-order chi connectivity index (χ0) is 23.2. The number of anilines is 1. The lowest BCUT2D eigenvalue weighted by molar-refractivity contribution is -0.128. The number of aromatic nitrogens is 2. The average molecular weight is 473 g/mol. The van der Waals surface area contributed by atoms with Crippen molar-refractivity contribution in [3.63, 3.8) is 0 Å². The molecule has 0 saturated carbocycles. The fourth-order valence-corrected chi connectivity index (χ4v) is 4.19. The number of hydrogen-bond donors (Lipinski definition) is 0. The number of carbonyl (C=O) groups is 1. The molecule has 8 nitrogen and oxygen atoms in total. The van der Waals surface area contributed by atoms with Gasteiger partial charge in [0.15, 0.2) is 6.10 Å². The second-order valence-electron chi connectivity index (χ2n) is 7.45. The van der Waals surface area contributed by atoms with Crippen molar-refractivity contribution in [3.05, 3.63) is 60.2 Å². The molecule has 0 bridgehead atoms. The van der Waals surface area contributed by atoms with Crippen molar-refractivity contribution < 1.29 is 23.1 Å². The van der Waals surface area contributed by atoms with E-state index in [1.165, 1.54) is 36.0 Å². The SMILES string of the molecule is COc1ccccc1N1CCN(C(=O)CSc2nnc([C@H](C)Oc3ccc(F)cc3)o2)CC1. The Morgan fingerprint density at radius 3 is 2.58 bits per heavy atom. The van der Waals surface area contributed by atoms with E-state index < -0.39 is 6.10 Å². The largest absolute Gasteiger partial charge is 0.495 e. The molecular formula is C23H25FN4O4S. The molecule has 0 radical (unpaired) electrons. The van der Waals surface area contributed by atoms with Gasteiger partial charge in [-0.25, -0.2) is 4.39 Å². The second kappa shape index (κ2) is 10.6. The Balaban J connectivity index is 1.25. The number of rotatable bonds is 8. The number of amides is 1. The first-order chi connectivity index (χ1) is 16.0. The standard InChI is InChI=1S/C23H25FN4O4S/c1-16(31-18-9-7-17(24)8-10-18)22-25-26-23(32-22)33-15-21(29)28-13-11-27(12-14-28)19-5-3-4-6-20(19)30-2/h3-10,16H,11-15H2,1-2H3/t16-/m0/s1. The maximum Gasteiger partial charge on any atom is 0.277 e. The highest BCUT2D eigenvalue weighted by Crippen LogP contribution is 2.29. The molecule has 1 fully saturated rings. The minimum atomic E-state index is -0.504. The summed E-state index contributed by atoms with van der Waals surface area (Å²) in [7, 11) is 1.66. The predicted molar refractivity (Wildman–Crippen MR) is 122 cm³/mol. The van der Waals surface area contributed by atoms with Gasteiger partial charge in [-0.1, -0.05) is 23.9 Å². The summed E-state index contributed by atoms with van der Waals surface area (Å²) in [5.74, 6) is 1.52. The second-order valence-corrected chi connectivity index (χ2v) is 8.38. The van der Waals surface area contributed by atoms with Gasteiger partial charge in [-0.15, -0.1) is 10.2 Å². The summed E-state index contributed by atoms with van der Waals surface area (Å²) in [5, 5.41) is 8.30. The number of halogens is 1. The third-order valence-electron chi connectivity index (χ3n) is 5.27. The topological polar surface area (TPSA) is 80.9 Å². The van der Waals surface area contributed by atoms with Crippen LogP contribution < -0.4 is 14.4 Å². The normalized spacial score (nSPS) is 14.8. The van der Waals surface area contributed by atoms with Crippen LogP contribution in [-0.2, 0) is 4.79 Å². The molecule has 2 heterocycles. The molecule has 2 aromatic carbocycles. The predicted octanol–water partition coefficient (Wildman–Crippen LogP) is 3.80. The molecule has 1 atom stereocenters. The lowest BCUT2D eigenvalue weighted by Gasteiger charge is -2.36. The Bertz CT molecular complexity index is 1070. The van der Waals surface area contributed by atoms with Crippen LogP contribution in [0.25, 0.3) is 0 Å². The van der Waals surface area contributed by atoms with Crippen LogP contribution in [-0.4, -0.2) is 60.0 Å². The fraction of sp³-hybridized carbons (Fsp3) is 0.348. The molecule has 4 rings (SSSR count). The summed E-state index contributed by atoms with van der Waals surface area (Å²) < 4.78 is 29.8. The summed E-state index contributed by atoms with van der Waals surface area (Å²) in [6.45, 7) is 4.50. The van der Waals surface area contributed by atoms with E-state index in [0.717, 1.165) is 24.5 Å². The molecule has 1 saturated heterocycles. The smallest absolute Gasteiger partial charge is 0.277 e. The molecule has 0 spiro atoms. The van der Waals surface area contributed by atoms with Crippen molar-refractivity contribution in [2.75, 3.05) is 43.9 Å². The maximum absolute atomic E-state index is 13.0. The maximum atomic E-state index is 13.0. The number of thioether (sulfide) groups is 1. The minimum absolute atomic E-state index is 0.0232. The summed E-state index contributed by atoms with van der Waals surface area (Å²) >= 11 is 1.20. The van der Waals surface area contributed by atoms with Crippen molar-refractivity contribution in [2.24, 2.45) is 0 Å². The summed E-state index contributed by atoms with van der Waals surface area (Å²) in [6.07, 6.45) is -0.504. The monoisotopic (exact) mass is 472 g/mol. The van der Waals surface area contributed by atoms with Crippen LogP contribution in [0.3, 0.4) is 0 Å². The molecule has 1 amide bonds. The van der Waals surface area contributed by atoms with Gasteiger partial charge < -0.3 is 23.7 Å². The van der Waals surface area contributed by atoms with Crippen LogP contribution >= 0.6 is 11.8 Å². The Labute approximate surface area is 195 Å².